The molecule has 0 bridgehead atoms. The maximum absolute atomic E-state index is 12.0. The quantitative estimate of drug-likeness (QED) is 0.787. The molecule has 2 aromatic rings. The van der Waals surface area contributed by atoms with Gasteiger partial charge < -0.3 is 13.9 Å². The minimum absolute atomic E-state index is 0.257. The summed E-state index contributed by atoms with van der Waals surface area (Å²) in [6.07, 6.45) is 8.14. The molecule has 1 aliphatic rings. The number of aromatic nitrogens is 3. The van der Waals surface area contributed by atoms with Crippen molar-refractivity contribution in [2.45, 2.75) is 39.3 Å². The van der Waals surface area contributed by atoms with E-state index in [2.05, 4.69) is 9.55 Å². The first-order valence-electron chi connectivity index (χ1n) is 7.04. The minimum Gasteiger partial charge on any atom is -0.461 e. The van der Waals surface area contributed by atoms with Gasteiger partial charge in [0.25, 0.3) is 0 Å². The van der Waals surface area contributed by atoms with Crippen LogP contribution in [0.15, 0.2) is 24.8 Å². The fourth-order valence-electron chi connectivity index (χ4n) is 2.50. The molecule has 5 heteroatoms. The maximum atomic E-state index is 12.0. The zero-order valence-corrected chi connectivity index (χ0v) is 11.9. The van der Waals surface area contributed by atoms with Crippen molar-refractivity contribution in [3.8, 4) is 0 Å². The van der Waals surface area contributed by atoms with E-state index in [9.17, 15) is 4.79 Å². The largest absolute Gasteiger partial charge is 0.461 e. The minimum atomic E-state index is -0.257. The Morgan fingerprint density at radius 3 is 3.00 bits per heavy atom. The van der Waals surface area contributed by atoms with Gasteiger partial charge in [-0.2, -0.15) is 0 Å². The normalized spacial score (nSPS) is 14.5. The van der Waals surface area contributed by atoms with E-state index in [1.54, 1.807) is 0 Å². The van der Waals surface area contributed by atoms with Crippen LogP contribution in [0.25, 0.3) is 0 Å². The Kier molecular flexibility index (Phi) is 3.34. The molecule has 0 aromatic carbocycles. The van der Waals surface area contributed by atoms with Crippen molar-refractivity contribution in [1.82, 2.24) is 14.1 Å². The van der Waals surface area contributed by atoms with Gasteiger partial charge in [-0.15, -0.1) is 0 Å². The van der Waals surface area contributed by atoms with Crippen molar-refractivity contribution < 1.29 is 9.53 Å². The van der Waals surface area contributed by atoms with Crippen molar-refractivity contribution >= 4 is 5.97 Å². The molecule has 1 aliphatic carbocycles. The molecule has 2 heterocycles. The Labute approximate surface area is 118 Å². The third-order valence-electron chi connectivity index (χ3n) is 3.65. The highest BCUT2D eigenvalue weighted by Crippen LogP contribution is 2.35. The van der Waals surface area contributed by atoms with E-state index < -0.39 is 0 Å². The van der Waals surface area contributed by atoms with Crippen molar-refractivity contribution in [3.05, 3.63) is 41.7 Å². The van der Waals surface area contributed by atoms with E-state index in [1.165, 1.54) is 12.8 Å². The second-order valence-corrected chi connectivity index (χ2v) is 5.22. The SMILES string of the molecule is CCOC(=O)c1c(C)ccn1Cc1cncn1C1CC1. The number of hydrogen-bond donors (Lipinski definition) is 0. The van der Waals surface area contributed by atoms with Crippen molar-refractivity contribution in [3.63, 3.8) is 0 Å². The van der Waals surface area contributed by atoms with E-state index in [1.807, 2.05) is 43.2 Å². The van der Waals surface area contributed by atoms with Crippen LogP contribution in [0.4, 0.5) is 0 Å². The van der Waals surface area contributed by atoms with Crippen molar-refractivity contribution in [2.24, 2.45) is 0 Å². The zero-order valence-electron chi connectivity index (χ0n) is 11.9. The lowest BCUT2D eigenvalue weighted by Gasteiger charge is -2.11. The highest BCUT2D eigenvalue weighted by molar-refractivity contribution is 5.89. The summed E-state index contributed by atoms with van der Waals surface area (Å²) in [5, 5.41) is 0. The van der Waals surface area contributed by atoms with E-state index in [4.69, 9.17) is 4.74 Å². The van der Waals surface area contributed by atoms with Gasteiger partial charge in [-0.25, -0.2) is 9.78 Å². The fourth-order valence-corrected chi connectivity index (χ4v) is 2.50. The molecular weight excluding hydrogens is 254 g/mol. The molecule has 0 amide bonds. The number of nitrogens with zero attached hydrogens (tertiary/aromatic N) is 3. The lowest BCUT2D eigenvalue weighted by atomic mass is 10.2. The van der Waals surface area contributed by atoms with Crippen LogP contribution in [-0.4, -0.2) is 26.7 Å². The topological polar surface area (TPSA) is 49.1 Å². The number of imidazole rings is 1. The smallest absolute Gasteiger partial charge is 0.355 e. The van der Waals surface area contributed by atoms with Gasteiger partial charge in [0.1, 0.15) is 5.69 Å². The molecule has 1 saturated carbocycles. The van der Waals surface area contributed by atoms with E-state index in [-0.39, 0.29) is 5.97 Å². The Hall–Kier alpha value is -2.04. The molecule has 0 saturated heterocycles. The molecule has 0 spiro atoms. The average Bonchev–Trinajstić information content (AvgIpc) is 3.05. The summed E-state index contributed by atoms with van der Waals surface area (Å²) in [5.74, 6) is -0.257. The first-order chi connectivity index (χ1) is 9.70. The van der Waals surface area contributed by atoms with Gasteiger partial charge >= 0.3 is 5.97 Å². The number of rotatable bonds is 5. The zero-order chi connectivity index (χ0) is 14.1. The summed E-state index contributed by atoms with van der Waals surface area (Å²) in [5.41, 5.74) is 2.71. The molecule has 3 rings (SSSR count). The fraction of sp³-hybridized carbons (Fsp3) is 0.467. The van der Waals surface area contributed by atoms with Gasteiger partial charge in [0.05, 0.1) is 25.2 Å². The molecule has 2 aromatic heterocycles. The Bertz CT molecular complexity index is 623. The Morgan fingerprint density at radius 2 is 2.30 bits per heavy atom. The number of hydrogen-bond acceptors (Lipinski definition) is 3. The lowest BCUT2D eigenvalue weighted by Crippen LogP contribution is -2.15. The molecule has 1 fully saturated rings. The molecule has 0 atom stereocenters. The number of carbonyl (C=O) groups is 1. The number of esters is 1. The highest BCUT2D eigenvalue weighted by Gasteiger charge is 2.25. The second-order valence-electron chi connectivity index (χ2n) is 5.22. The van der Waals surface area contributed by atoms with Crippen molar-refractivity contribution in [2.75, 3.05) is 6.61 Å². The molecule has 0 aliphatic heterocycles. The van der Waals surface area contributed by atoms with E-state index in [0.717, 1.165) is 11.3 Å². The lowest BCUT2D eigenvalue weighted by molar-refractivity contribution is 0.0513. The summed E-state index contributed by atoms with van der Waals surface area (Å²) in [4.78, 5) is 16.3. The van der Waals surface area contributed by atoms with Crippen LogP contribution in [-0.2, 0) is 11.3 Å². The summed E-state index contributed by atoms with van der Waals surface area (Å²) in [6, 6.07) is 2.54. The molecule has 106 valence electrons. The van der Waals surface area contributed by atoms with Crippen molar-refractivity contribution in [1.29, 1.82) is 0 Å². The predicted octanol–water partition coefficient (Wildman–Crippen LogP) is 2.55. The van der Waals surface area contributed by atoms with Gasteiger partial charge in [0.2, 0.25) is 0 Å². The predicted molar refractivity (Wildman–Crippen MR) is 74.7 cm³/mol. The molecule has 20 heavy (non-hydrogen) atoms. The number of ether oxygens (including phenoxy) is 1. The molecule has 5 nitrogen and oxygen atoms in total. The van der Waals surface area contributed by atoms with Crippen LogP contribution in [0.5, 0.6) is 0 Å². The van der Waals surface area contributed by atoms with Gasteiger partial charge in [0.15, 0.2) is 0 Å². The molecule has 0 radical (unpaired) electrons. The second kappa shape index (κ2) is 5.15. The van der Waals surface area contributed by atoms with Crippen LogP contribution in [0.3, 0.4) is 0 Å². The Morgan fingerprint density at radius 1 is 1.50 bits per heavy atom. The standard InChI is InChI=1S/C15H19N3O2/c1-3-20-15(19)14-11(2)6-7-17(14)9-13-8-16-10-18(13)12-4-5-12/h6-8,10,12H,3-5,9H2,1-2H3. The Balaban J connectivity index is 1.87. The van der Waals surface area contributed by atoms with Crippen LogP contribution >= 0.6 is 0 Å². The summed E-state index contributed by atoms with van der Waals surface area (Å²) in [6.45, 7) is 4.80. The monoisotopic (exact) mass is 273 g/mol. The van der Waals surface area contributed by atoms with Gasteiger partial charge in [-0.3, -0.25) is 0 Å². The van der Waals surface area contributed by atoms with E-state index >= 15 is 0 Å². The van der Waals surface area contributed by atoms with E-state index in [0.29, 0.717) is 24.9 Å². The third-order valence-corrected chi connectivity index (χ3v) is 3.65. The summed E-state index contributed by atoms with van der Waals surface area (Å²) >= 11 is 0. The number of aryl methyl sites for hydroxylation is 1. The van der Waals surface area contributed by atoms with Crippen LogP contribution in [0, 0.1) is 6.92 Å². The highest BCUT2D eigenvalue weighted by atomic mass is 16.5. The molecular formula is C15H19N3O2. The molecule has 0 unspecified atom stereocenters. The van der Waals surface area contributed by atoms with Crippen LogP contribution in [0.2, 0.25) is 0 Å². The van der Waals surface area contributed by atoms with Gasteiger partial charge in [0, 0.05) is 18.4 Å². The van der Waals surface area contributed by atoms with Crippen LogP contribution in [0.1, 0.15) is 47.6 Å². The summed E-state index contributed by atoms with van der Waals surface area (Å²) < 4.78 is 9.29. The van der Waals surface area contributed by atoms with Gasteiger partial charge in [-0.05, 0) is 38.3 Å². The van der Waals surface area contributed by atoms with Gasteiger partial charge in [-0.1, -0.05) is 0 Å². The van der Waals surface area contributed by atoms with Crippen LogP contribution < -0.4 is 0 Å². The number of carbonyl (C=O) groups excluding carboxylic acids is 1. The average molecular weight is 273 g/mol. The first kappa shape index (κ1) is 13.0. The third kappa shape index (κ3) is 2.35. The molecule has 0 N–H and O–H groups in total. The first-order valence-corrected chi connectivity index (χ1v) is 7.04. The maximum Gasteiger partial charge on any atom is 0.355 e. The summed E-state index contributed by atoms with van der Waals surface area (Å²) in [7, 11) is 0.